The van der Waals surface area contributed by atoms with Crippen molar-refractivity contribution in [2.24, 2.45) is 5.92 Å². The van der Waals surface area contributed by atoms with Gasteiger partial charge < -0.3 is 15.2 Å². The minimum atomic E-state index is -1.08. The molecule has 19 heavy (non-hydrogen) atoms. The monoisotopic (exact) mass is 263 g/mol. The Labute approximate surface area is 111 Å². The summed E-state index contributed by atoms with van der Waals surface area (Å²) in [4.78, 5) is 22.6. The molecule has 0 bridgehead atoms. The number of amides is 1. The van der Waals surface area contributed by atoms with Crippen molar-refractivity contribution in [3.63, 3.8) is 0 Å². The Morgan fingerprint density at radius 3 is 2.68 bits per heavy atom. The van der Waals surface area contributed by atoms with Crippen LogP contribution >= 0.6 is 0 Å². The van der Waals surface area contributed by atoms with E-state index in [1.807, 2.05) is 31.2 Å². The van der Waals surface area contributed by atoms with Gasteiger partial charge in [0.1, 0.15) is 11.7 Å². The normalized spacial score (nSPS) is 22.1. The molecule has 0 aromatic heterocycles. The molecule has 2 rings (SSSR count). The molecule has 0 radical (unpaired) electrons. The Kier molecular flexibility index (Phi) is 4.04. The summed E-state index contributed by atoms with van der Waals surface area (Å²) in [6, 6.07) is 7.27. The Balaban J connectivity index is 2.13. The molecule has 1 aliphatic rings. The number of nitrogens with one attached hydrogen (secondary N) is 1. The van der Waals surface area contributed by atoms with Gasteiger partial charge in [-0.1, -0.05) is 19.1 Å². The Morgan fingerprint density at radius 2 is 2.11 bits per heavy atom. The van der Waals surface area contributed by atoms with Crippen LogP contribution in [0.25, 0.3) is 0 Å². The molecule has 1 aliphatic heterocycles. The molecule has 0 unspecified atom stereocenters. The maximum Gasteiger partial charge on any atom is 0.316 e. The van der Waals surface area contributed by atoms with E-state index >= 15 is 0 Å². The highest BCUT2D eigenvalue weighted by Gasteiger charge is 2.40. The van der Waals surface area contributed by atoms with Gasteiger partial charge in [0.15, 0.2) is 0 Å². The van der Waals surface area contributed by atoms with E-state index in [1.54, 1.807) is 0 Å². The van der Waals surface area contributed by atoms with Gasteiger partial charge in [-0.05, 0) is 24.1 Å². The first-order chi connectivity index (χ1) is 9.13. The molecule has 1 heterocycles. The number of rotatable bonds is 5. The van der Waals surface area contributed by atoms with E-state index in [-0.39, 0.29) is 5.92 Å². The van der Waals surface area contributed by atoms with Crippen LogP contribution < -0.4 is 10.1 Å². The topological polar surface area (TPSA) is 75.6 Å². The molecule has 1 aromatic rings. The molecular formula is C14H17NO4. The van der Waals surface area contributed by atoms with E-state index in [4.69, 9.17) is 9.84 Å². The number of carboxylic acid groups (broad SMARTS) is 1. The predicted octanol–water partition coefficient (Wildman–Crippen LogP) is 1.39. The molecule has 2 N–H and O–H groups in total. The molecular weight excluding hydrogens is 246 g/mol. The van der Waals surface area contributed by atoms with Crippen LogP contribution in [0.3, 0.4) is 0 Å². The summed E-state index contributed by atoms with van der Waals surface area (Å²) >= 11 is 0. The van der Waals surface area contributed by atoms with Crippen molar-refractivity contribution in [3.8, 4) is 5.75 Å². The van der Waals surface area contributed by atoms with Crippen LogP contribution in [-0.4, -0.2) is 30.1 Å². The van der Waals surface area contributed by atoms with E-state index in [0.717, 1.165) is 17.7 Å². The van der Waals surface area contributed by atoms with Crippen molar-refractivity contribution in [1.82, 2.24) is 5.32 Å². The zero-order chi connectivity index (χ0) is 13.8. The first kappa shape index (κ1) is 13.4. The third-order valence-corrected chi connectivity index (χ3v) is 3.23. The average molecular weight is 263 g/mol. The highest BCUT2D eigenvalue weighted by Crippen LogP contribution is 2.30. The van der Waals surface area contributed by atoms with E-state index in [9.17, 15) is 9.59 Å². The number of benzene rings is 1. The zero-order valence-corrected chi connectivity index (χ0v) is 10.8. The average Bonchev–Trinajstić information content (AvgIpc) is 2.79. The quantitative estimate of drug-likeness (QED) is 0.787. The Morgan fingerprint density at radius 1 is 1.42 bits per heavy atom. The van der Waals surface area contributed by atoms with Gasteiger partial charge in [-0.25, -0.2) is 0 Å². The summed E-state index contributed by atoms with van der Waals surface area (Å²) < 4.78 is 5.47. The second kappa shape index (κ2) is 5.73. The Hall–Kier alpha value is -2.04. The summed E-state index contributed by atoms with van der Waals surface area (Å²) in [6.07, 6.45) is 0.934. The standard InChI is InChI=1S/C14H17NO4/c1-2-7-19-10-5-3-9(4-6-10)11-8-15-13(16)12(11)14(17)18/h3-6,11-12H,2,7-8H2,1H3,(H,15,16)(H,17,18)/t11-,12-/m0/s1. The van der Waals surface area contributed by atoms with Crippen LogP contribution in [0.15, 0.2) is 24.3 Å². The van der Waals surface area contributed by atoms with Crippen molar-refractivity contribution < 1.29 is 19.4 Å². The first-order valence-corrected chi connectivity index (χ1v) is 6.36. The van der Waals surface area contributed by atoms with Gasteiger partial charge >= 0.3 is 5.97 Å². The lowest BCUT2D eigenvalue weighted by Crippen LogP contribution is -2.26. The van der Waals surface area contributed by atoms with E-state index in [0.29, 0.717) is 13.2 Å². The van der Waals surface area contributed by atoms with Crippen molar-refractivity contribution in [1.29, 1.82) is 0 Å². The summed E-state index contributed by atoms with van der Waals surface area (Å²) in [5.74, 6) is -2.04. The lowest BCUT2D eigenvalue weighted by atomic mass is 9.88. The highest BCUT2D eigenvalue weighted by atomic mass is 16.5. The number of carbonyl (C=O) groups excluding carboxylic acids is 1. The van der Waals surface area contributed by atoms with Gasteiger partial charge in [0.05, 0.1) is 6.61 Å². The van der Waals surface area contributed by atoms with Crippen molar-refractivity contribution in [2.45, 2.75) is 19.3 Å². The number of carboxylic acids is 1. The molecule has 1 fully saturated rings. The second-order valence-corrected chi connectivity index (χ2v) is 4.59. The van der Waals surface area contributed by atoms with Crippen LogP contribution in [0.5, 0.6) is 5.75 Å². The van der Waals surface area contributed by atoms with Crippen LogP contribution in [0.2, 0.25) is 0 Å². The third kappa shape index (κ3) is 2.86. The fraction of sp³-hybridized carbons (Fsp3) is 0.429. The van der Waals surface area contributed by atoms with Gasteiger partial charge in [0.25, 0.3) is 0 Å². The molecule has 0 aliphatic carbocycles. The maximum atomic E-state index is 11.5. The van der Waals surface area contributed by atoms with Gasteiger partial charge in [-0.15, -0.1) is 0 Å². The van der Waals surface area contributed by atoms with E-state index in [2.05, 4.69) is 5.32 Å². The van der Waals surface area contributed by atoms with E-state index in [1.165, 1.54) is 0 Å². The van der Waals surface area contributed by atoms with Crippen molar-refractivity contribution in [2.75, 3.05) is 13.2 Å². The lowest BCUT2D eigenvalue weighted by Gasteiger charge is -2.14. The van der Waals surface area contributed by atoms with Crippen LogP contribution in [0.1, 0.15) is 24.8 Å². The minimum Gasteiger partial charge on any atom is -0.494 e. The number of hydrogen-bond acceptors (Lipinski definition) is 3. The van der Waals surface area contributed by atoms with Crippen LogP contribution in [-0.2, 0) is 9.59 Å². The molecule has 5 heteroatoms. The summed E-state index contributed by atoms with van der Waals surface area (Å²) in [5, 5.41) is 11.7. The lowest BCUT2D eigenvalue weighted by molar-refractivity contribution is -0.145. The molecule has 5 nitrogen and oxygen atoms in total. The molecule has 0 spiro atoms. The maximum absolute atomic E-state index is 11.5. The van der Waals surface area contributed by atoms with Crippen molar-refractivity contribution in [3.05, 3.63) is 29.8 Å². The van der Waals surface area contributed by atoms with Gasteiger partial charge in [0.2, 0.25) is 5.91 Å². The SMILES string of the molecule is CCCOc1ccc([C@@H]2CNC(=O)[C@H]2C(=O)O)cc1. The third-order valence-electron chi connectivity index (χ3n) is 3.23. The van der Waals surface area contributed by atoms with Gasteiger partial charge in [-0.2, -0.15) is 0 Å². The molecule has 1 aromatic carbocycles. The number of carbonyl (C=O) groups is 2. The Bertz CT molecular complexity index is 469. The van der Waals surface area contributed by atoms with E-state index < -0.39 is 17.8 Å². The molecule has 1 amide bonds. The van der Waals surface area contributed by atoms with Gasteiger partial charge in [0, 0.05) is 12.5 Å². The predicted molar refractivity (Wildman–Crippen MR) is 69.1 cm³/mol. The smallest absolute Gasteiger partial charge is 0.316 e. The molecule has 0 saturated carbocycles. The summed E-state index contributed by atoms with van der Waals surface area (Å²) in [5.41, 5.74) is 0.842. The first-order valence-electron chi connectivity index (χ1n) is 6.36. The van der Waals surface area contributed by atoms with Crippen molar-refractivity contribution >= 4 is 11.9 Å². The fourth-order valence-electron chi connectivity index (χ4n) is 2.25. The summed E-state index contributed by atoms with van der Waals surface area (Å²) in [6.45, 7) is 3.05. The number of ether oxygens (including phenoxy) is 1. The number of hydrogen-bond donors (Lipinski definition) is 2. The minimum absolute atomic E-state index is 0.315. The van der Waals surface area contributed by atoms with Crippen LogP contribution in [0, 0.1) is 5.92 Å². The molecule has 2 atom stereocenters. The largest absolute Gasteiger partial charge is 0.494 e. The highest BCUT2D eigenvalue weighted by molar-refractivity contribution is 5.99. The van der Waals surface area contributed by atoms with Gasteiger partial charge in [-0.3, -0.25) is 9.59 Å². The fourth-order valence-corrected chi connectivity index (χ4v) is 2.25. The summed E-state index contributed by atoms with van der Waals surface area (Å²) in [7, 11) is 0. The molecule has 1 saturated heterocycles. The zero-order valence-electron chi connectivity index (χ0n) is 10.8. The number of aliphatic carboxylic acids is 1. The van der Waals surface area contributed by atoms with Crippen LogP contribution in [0.4, 0.5) is 0 Å². The second-order valence-electron chi connectivity index (χ2n) is 4.59. The molecule has 102 valence electrons.